The van der Waals surface area contributed by atoms with E-state index < -0.39 is 28.5 Å². The summed E-state index contributed by atoms with van der Waals surface area (Å²) in [5, 5.41) is 2.94. The zero-order valence-electron chi connectivity index (χ0n) is 23.9. The zero-order chi connectivity index (χ0) is 29.6. The van der Waals surface area contributed by atoms with Crippen LogP contribution in [0.25, 0.3) is 0 Å². The lowest BCUT2D eigenvalue weighted by atomic mass is 10.1. The van der Waals surface area contributed by atoms with E-state index in [0.29, 0.717) is 24.7 Å². The van der Waals surface area contributed by atoms with Crippen LogP contribution in [0.2, 0.25) is 0 Å². The molecule has 2 atom stereocenters. The van der Waals surface area contributed by atoms with Gasteiger partial charge in [-0.15, -0.1) is 0 Å². The first-order valence-electron chi connectivity index (χ1n) is 13.7. The van der Waals surface area contributed by atoms with Crippen molar-refractivity contribution in [2.75, 3.05) is 24.1 Å². The van der Waals surface area contributed by atoms with Crippen LogP contribution >= 0.6 is 0 Å². The summed E-state index contributed by atoms with van der Waals surface area (Å²) < 4.78 is 40.3. The number of hydrogen-bond donors (Lipinski definition) is 1. The van der Waals surface area contributed by atoms with E-state index in [2.05, 4.69) is 5.32 Å². The number of rotatable bonds is 11. The molecule has 10 heteroatoms. The van der Waals surface area contributed by atoms with Crippen LogP contribution in [0, 0.1) is 6.92 Å². The third-order valence-electron chi connectivity index (χ3n) is 7.03. The SMILES string of the molecule is CC[C@@H](C)NC(=O)[C@H](C)N(Cc1cccc(C)c1)C(=O)CN(c1ccc2c(c1)OCCO2)S(=O)(=O)c1ccccc1. The van der Waals surface area contributed by atoms with Crippen molar-refractivity contribution in [2.24, 2.45) is 0 Å². The average molecular weight is 580 g/mol. The fourth-order valence-corrected chi connectivity index (χ4v) is 5.92. The second-order valence-electron chi connectivity index (χ2n) is 10.2. The molecule has 1 N–H and O–H groups in total. The minimum atomic E-state index is -4.17. The number of amides is 2. The van der Waals surface area contributed by atoms with Gasteiger partial charge >= 0.3 is 0 Å². The summed E-state index contributed by atoms with van der Waals surface area (Å²) in [6.45, 7) is 7.80. The molecule has 3 aromatic rings. The third kappa shape index (κ3) is 7.18. The Hall–Kier alpha value is -4.05. The molecular formula is C31H37N3O6S. The molecule has 0 unspecified atom stereocenters. The number of aryl methyl sites for hydroxylation is 1. The van der Waals surface area contributed by atoms with Crippen molar-refractivity contribution in [1.29, 1.82) is 0 Å². The molecule has 0 fully saturated rings. The van der Waals surface area contributed by atoms with Gasteiger partial charge in [-0.3, -0.25) is 13.9 Å². The minimum Gasteiger partial charge on any atom is -0.486 e. The average Bonchev–Trinajstić information content (AvgIpc) is 2.98. The van der Waals surface area contributed by atoms with E-state index in [1.807, 2.05) is 45.0 Å². The normalized spacial score (nSPS) is 14.0. The van der Waals surface area contributed by atoms with E-state index in [1.54, 1.807) is 43.3 Å². The molecule has 9 nitrogen and oxygen atoms in total. The van der Waals surface area contributed by atoms with Gasteiger partial charge in [0.1, 0.15) is 25.8 Å². The first-order chi connectivity index (χ1) is 19.6. The predicted molar refractivity (Wildman–Crippen MR) is 157 cm³/mol. The van der Waals surface area contributed by atoms with E-state index in [0.717, 1.165) is 21.9 Å². The van der Waals surface area contributed by atoms with Gasteiger partial charge in [-0.2, -0.15) is 0 Å². The molecule has 0 aromatic heterocycles. The minimum absolute atomic E-state index is 0.0375. The fraction of sp³-hybridized carbons (Fsp3) is 0.355. The first-order valence-corrected chi connectivity index (χ1v) is 15.2. The largest absolute Gasteiger partial charge is 0.486 e. The van der Waals surface area contributed by atoms with Crippen LogP contribution in [0.1, 0.15) is 38.3 Å². The molecule has 4 rings (SSSR count). The maximum Gasteiger partial charge on any atom is 0.264 e. The lowest BCUT2D eigenvalue weighted by Gasteiger charge is -2.32. The number of hydrogen-bond acceptors (Lipinski definition) is 6. The van der Waals surface area contributed by atoms with Crippen LogP contribution in [0.4, 0.5) is 5.69 Å². The molecule has 0 radical (unpaired) electrons. The molecular weight excluding hydrogens is 542 g/mol. The maximum absolute atomic E-state index is 14.1. The Balaban J connectivity index is 1.73. The summed E-state index contributed by atoms with van der Waals surface area (Å²) in [5.74, 6) is 0.0667. The monoisotopic (exact) mass is 579 g/mol. The Bertz CT molecular complexity index is 1480. The zero-order valence-corrected chi connectivity index (χ0v) is 24.7. The van der Waals surface area contributed by atoms with Crippen molar-refractivity contribution < 1.29 is 27.5 Å². The Labute approximate surface area is 242 Å². The van der Waals surface area contributed by atoms with Crippen LogP contribution in [0.3, 0.4) is 0 Å². The van der Waals surface area contributed by atoms with Gasteiger partial charge in [0.25, 0.3) is 10.0 Å². The van der Waals surface area contributed by atoms with Crippen LogP contribution < -0.4 is 19.1 Å². The van der Waals surface area contributed by atoms with Crippen LogP contribution in [-0.4, -0.2) is 57.0 Å². The molecule has 0 aliphatic carbocycles. The lowest BCUT2D eigenvalue weighted by Crippen LogP contribution is -2.52. The maximum atomic E-state index is 14.1. The smallest absolute Gasteiger partial charge is 0.264 e. The van der Waals surface area contributed by atoms with Crippen LogP contribution in [0.15, 0.2) is 77.7 Å². The summed E-state index contributed by atoms with van der Waals surface area (Å²) in [4.78, 5) is 28.7. The molecule has 218 valence electrons. The molecule has 2 amide bonds. The molecule has 0 spiro atoms. The number of benzene rings is 3. The molecule has 3 aromatic carbocycles. The number of carbonyl (C=O) groups excluding carboxylic acids is 2. The van der Waals surface area contributed by atoms with Gasteiger partial charge in [-0.25, -0.2) is 8.42 Å². The van der Waals surface area contributed by atoms with Crippen molar-refractivity contribution in [3.63, 3.8) is 0 Å². The fourth-order valence-electron chi connectivity index (χ4n) is 4.49. The number of nitrogens with zero attached hydrogens (tertiary/aromatic N) is 2. The van der Waals surface area contributed by atoms with Crippen molar-refractivity contribution in [1.82, 2.24) is 10.2 Å². The standard InChI is InChI=1S/C31H37N3O6S/c1-5-23(3)32-31(36)24(4)33(20-25-11-9-10-22(2)18-25)30(35)21-34(41(37,38)27-12-7-6-8-13-27)26-14-15-28-29(19-26)40-17-16-39-28/h6-15,18-19,23-24H,5,16-17,20-21H2,1-4H3,(H,32,36)/t23-,24+/m1/s1. The van der Waals surface area contributed by atoms with Gasteiger partial charge in [0.15, 0.2) is 11.5 Å². The van der Waals surface area contributed by atoms with Gasteiger partial charge in [-0.05, 0) is 57.0 Å². The predicted octanol–water partition coefficient (Wildman–Crippen LogP) is 4.29. The van der Waals surface area contributed by atoms with E-state index >= 15 is 0 Å². The van der Waals surface area contributed by atoms with E-state index in [1.165, 1.54) is 17.0 Å². The van der Waals surface area contributed by atoms with Gasteiger partial charge in [-0.1, -0.05) is 55.0 Å². The quantitative estimate of drug-likeness (QED) is 0.363. The number of anilines is 1. The van der Waals surface area contributed by atoms with E-state index in [-0.39, 0.29) is 29.1 Å². The van der Waals surface area contributed by atoms with Gasteiger partial charge in [0, 0.05) is 18.7 Å². The highest BCUT2D eigenvalue weighted by molar-refractivity contribution is 7.92. The molecule has 1 heterocycles. The molecule has 1 aliphatic heterocycles. The van der Waals surface area contributed by atoms with Crippen molar-refractivity contribution >= 4 is 27.5 Å². The summed E-state index contributed by atoms with van der Waals surface area (Å²) in [7, 11) is -4.17. The highest BCUT2D eigenvalue weighted by atomic mass is 32.2. The summed E-state index contributed by atoms with van der Waals surface area (Å²) in [5.41, 5.74) is 2.09. The van der Waals surface area contributed by atoms with Crippen molar-refractivity contribution in [2.45, 2.75) is 57.6 Å². The molecule has 1 aliphatic rings. The third-order valence-corrected chi connectivity index (χ3v) is 8.82. The summed E-state index contributed by atoms with van der Waals surface area (Å²) >= 11 is 0. The second kappa shape index (κ2) is 13.1. The Morgan fingerprint density at radius 3 is 2.32 bits per heavy atom. The number of carbonyl (C=O) groups is 2. The highest BCUT2D eigenvalue weighted by Crippen LogP contribution is 2.36. The molecule has 0 saturated carbocycles. The van der Waals surface area contributed by atoms with Crippen molar-refractivity contribution in [3.8, 4) is 11.5 Å². The number of ether oxygens (including phenoxy) is 2. The second-order valence-corrected chi connectivity index (χ2v) is 12.0. The number of sulfonamides is 1. The van der Waals surface area contributed by atoms with Crippen LogP contribution in [0.5, 0.6) is 11.5 Å². The Morgan fingerprint density at radius 2 is 1.63 bits per heavy atom. The molecule has 0 saturated heterocycles. The number of fused-ring (bicyclic) bond motifs is 1. The first kappa shape index (κ1) is 29.9. The van der Waals surface area contributed by atoms with E-state index in [9.17, 15) is 18.0 Å². The van der Waals surface area contributed by atoms with Crippen LogP contribution in [-0.2, 0) is 26.2 Å². The Morgan fingerprint density at radius 1 is 0.927 bits per heavy atom. The van der Waals surface area contributed by atoms with Gasteiger partial charge in [0.05, 0.1) is 10.6 Å². The van der Waals surface area contributed by atoms with Gasteiger partial charge < -0.3 is 19.7 Å². The van der Waals surface area contributed by atoms with Gasteiger partial charge in [0.2, 0.25) is 11.8 Å². The molecule has 41 heavy (non-hydrogen) atoms. The summed E-state index contributed by atoms with van der Waals surface area (Å²) in [6, 6.07) is 19.5. The topological polar surface area (TPSA) is 105 Å². The number of nitrogens with one attached hydrogen (secondary N) is 1. The molecule has 0 bridgehead atoms. The van der Waals surface area contributed by atoms with Crippen molar-refractivity contribution in [3.05, 3.63) is 83.9 Å². The summed E-state index contributed by atoms with van der Waals surface area (Å²) in [6.07, 6.45) is 0.734. The van der Waals surface area contributed by atoms with E-state index in [4.69, 9.17) is 9.47 Å². The lowest BCUT2D eigenvalue weighted by molar-refractivity contribution is -0.139. The highest BCUT2D eigenvalue weighted by Gasteiger charge is 2.33. The Kier molecular flexibility index (Phi) is 9.54.